The molecule has 1 aliphatic heterocycles. The lowest BCUT2D eigenvalue weighted by Gasteiger charge is -2.36. The standard InChI is InChI=1S/C42H47ClF2N10O5/c1-7-26(14-15-51(3)4)41(58)53-16-18-54(19-17-53)42(59)30-10-8-27(20-33(30)43)48-40(57)39-47-22-34(52(39)5)31-12-11-29(37(44)38(31)45)32-23-55(50-25(32)2)24-36(56)49-35-13-9-28(60-6)21-46-35/h8-13,20-23,26H,7,14-19,24H2,1-6H3,(H,48,57)(H,46,49,56). The van der Waals surface area contributed by atoms with Gasteiger partial charge in [0.05, 0.1) is 41.5 Å². The van der Waals surface area contributed by atoms with Crippen LogP contribution in [0, 0.1) is 24.5 Å². The average molecular weight is 845 g/mol. The van der Waals surface area contributed by atoms with Crippen molar-refractivity contribution in [2.75, 3.05) is 64.6 Å². The molecule has 1 saturated heterocycles. The lowest BCUT2D eigenvalue weighted by atomic mass is 10.00. The fourth-order valence-electron chi connectivity index (χ4n) is 7.02. The molecule has 1 atom stereocenters. The maximum atomic E-state index is 15.8. The maximum absolute atomic E-state index is 15.8. The van der Waals surface area contributed by atoms with Crippen LogP contribution in [0.1, 0.15) is 46.4 Å². The topological polar surface area (TPSA) is 160 Å². The van der Waals surface area contributed by atoms with Crippen LogP contribution in [0.3, 0.4) is 0 Å². The van der Waals surface area contributed by atoms with Crippen molar-refractivity contribution in [3.8, 4) is 28.1 Å². The Morgan fingerprint density at radius 2 is 1.62 bits per heavy atom. The van der Waals surface area contributed by atoms with E-state index in [1.807, 2.05) is 25.9 Å². The summed E-state index contributed by atoms with van der Waals surface area (Å²) in [7, 11) is 6.97. The summed E-state index contributed by atoms with van der Waals surface area (Å²) >= 11 is 6.55. The maximum Gasteiger partial charge on any atom is 0.291 e. The molecule has 2 N–H and O–H groups in total. The fraction of sp³-hybridized carbons (Fsp3) is 0.357. The number of carbonyl (C=O) groups is 4. The Morgan fingerprint density at radius 3 is 2.27 bits per heavy atom. The minimum Gasteiger partial charge on any atom is -0.495 e. The number of hydrogen-bond donors (Lipinski definition) is 2. The Kier molecular flexibility index (Phi) is 13.6. The van der Waals surface area contributed by atoms with Gasteiger partial charge in [-0.2, -0.15) is 5.10 Å². The van der Waals surface area contributed by atoms with Crippen LogP contribution in [0.5, 0.6) is 5.75 Å². The Hall–Kier alpha value is -6.20. The second-order valence-corrected chi connectivity index (χ2v) is 15.1. The molecule has 1 fully saturated rings. The Morgan fingerprint density at radius 1 is 0.917 bits per heavy atom. The van der Waals surface area contributed by atoms with Crippen molar-refractivity contribution in [1.29, 1.82) is 0 Å². The van der Waals surface area contributed by atoms with E-state index in [9.17, 15) is 19.2 Å². The van der Waals surface area contributed by atoms with Crippen molar-refractivity contribution in [3.05, 3.63) is 94.8 Å². The van der Waals surface area contributed by atoms with Crippen molar-refractivity contribution < 1.29 is 32.7 Å². The molecule has 0 bridgehead atoms. The Labute approximate surface area is 351 Å². The van der Waals surface area contributed by atoms with Crippen LogP contribution in [0.2, 0.25) is 5.02 Å². The second-order valence-electron chi connectivity index (χ2n) is 14.7. The number of carbonyl (C=O) groups excluding carboxylic acids is 4. The molecule has 18 heteroatoms. The van der Waals surface area contributed by atoms with Gasteiger partial charge in [0, 0.05) is 67.7 Å². The van der Waals surface area contributed by atoms with E-state index in [2.05, 4.69) is 30.6 Å². The molecule has 3 aromatic heterocycles. The van der Waals surface area contributed by atoms with E-state index in [1.54, 1.807) is 30.0 Å². The van der Waals surface area contributed by atoms with Crippen LogP contribution in [0.4, 0.5) is 20.3 Å². The summed E-state index contributed by atoms with van der Waals surface area (Å²) in [5.41, 5.74) is 1.14. The minimum absolute atomic E-state index is 0.0623. The predicted octanol–water partition coefficient (Wildman–Crippen LogP) is 5.75. The smallest absolute Gasteiger partial charge is 0.291 e. The van der Waals surface area contributed by atoms with E-state index in [1.165, 1.54) is 66.3 Å². The summed E-state index contributed by atoms with van der Waals surface area (Å²) in [4.78, 5) is 66.4. The van der Waals surface area contributed by atoms with Crippen molar-refractivity contribution in [2.45, 2.75) is 33.2 Å². The molecule has 60 heavy (non-hydrogen) atoms. The fourth-order valence-corrected chi connectivity index (χ4v) is 7.28. The molecule has 4 heterocycles. The quantitative estimate of drug-likeness (QED) is 0.142. The van der Waals surface area contributed by atoms with Crippen molar-refractivity contribution in [1.82, 2.24) is 39.0 Å². The van der Waals surface area contributed by atoms with Crippen molar-refractivity contribution in [3.63, 3.8) is 0 Å². The highest BCUT2D eigenvalue weighted by molar-refractivity contribution is 6.34. The van der Waals surface area contributed by atoms with E-state index < -0.39 is 23.4 Å². The van der Waals surface area contributed by atoms with E-state index >= 15 is 8.78 Å². The number of pyridine rings is 1. The molecule has 4 amide bonds. The third-order valence-corrected chi connectivity index (χ3v) is 10.7. The predicted molar refractivity (Wildman–Crippen MR) is 223 cm³/mol. The first kappa shape index (κ1) is 43.4. The van der Waals surface area contributed by atoms with Gasteiger partial charge >= 0.3 is 0 Å². The monoisotopic (exact) mass is 844 g/mol. The Balaban J connectivity index is 1.08. The van der Waals surface area contributed by atoms with Crippen molar-refractivity contribution in [2.24, 2.45) is 13.0 Å². The number of rotatable bonds is 14. The van der Waals surface area contributed by atoms with Crippen LogP contribution in [0.25, 0.3) is 22.4 Å². The highest BCUT2D eigenvalue weighted by atomic mass is 35.5. The van der Waals surface area contributed by atoms with Gasteiger partial charge < -0.3 is 34.6 Å². The normalized spacial score (nSPS) is 13.4. The number of ether oxygens (including phenoxy) is 1. The number of nitrogens with one attached hydrogen (secondary N) is 2. The van der Waals surface area contributed by atoms with Crippen molar-refractivity contribution >= 4 is 46.7 Å². The molecule has 0 aliphatic carbocycles. The summed E-state index contributed by atoms with van der Waals surface area (Å²) in [6, 6.07) is 10.5. The number of imidazole rings is 1. The first-order chi connectivity index (χ1) is 28.7. The number of halogens is 3. The van der Waals surface area contributed by atoms with Crippen LogP contribution in [0.15, 0.2) is 61.1 Å². The summed E-state index contributed by atoms with van der Waals surface area (Å²) < 4.78 is 39.2. The summed E-state index contributed by atoms with van der Waals surface area (Å²) in [6.45, 7) is 5.85. The Bertz CT molecular complexity index is 2390. The van der Waals surface area contributed by atoms with Gasteiger partial charge in [-0.15, -0.1) is 0 Å². The van der Waals surface area contributed by atoms with Gasteiger partial charge in [-0.25, -0.2) is 18.7 Å². The van der Waals surface area contributed by atoms with Crippen LogP contribution >= 0.6 is 11.6 Å². The summed E-state index contributed by atoms with van der Waals surface area (Å²) in [5.74, 6) is -2.87. The van der Waals surface area contributed by atoms with Gasteiger partial charge in [0.15, 0.2) is 17.5 Å². The largest absolute Gasteiger partial charge is 0.495 e. The van der Waals surface area contributed by atoms with Gasteiger partial charge in [0.25, 0.3) is 11.8 Å². The van der Waals surface area contributed by atoms with Gasteiger partial charge in [0.1, 0.15) is 18.1 Å². The van der Waals surface area contributed by atoms with Gasteiger partial charge in [-0.3, -0.25) is 23.9 Å². The van der Waals surface area contributed by atoms with E-state index in [-0.39, 0.29) is 68.8 Å². The molecule has 1 unspecified atom stereocenters. The molecule has 2 aromatic carbocycles. The number of methoxy groups -OCH3 is 1. The van der Waals surface area contributed by atoms with Crippen LogP contribution < -0.4 is 15.4 Å². The molecule has 5 aromatic rings. The molecular weight excluding hydrogens is 798 g/mol. The highest BCUT2D eigenvalue weighted by Crippen LogP contribution is 2.33. The SMILES string of the molecule is CCC(CCN(C)C)C(=O)N1CCN(C(=O)c2ccc(NC(=O)c3ncc(-c4ccc(-c5cn(CC(=O)Nc6ccc(OC)cn6)nc5C)c(F)c4F)n3C)cc2Cl)CC1. The number of piperazine rings is 1. The number of aromatic nitrogens is 5. The molecule has 0 spiro atoms. The first-order valence-electron chi connectivity index (χ1n) is 19.4. The second kappa shape index (κ2) is 18.8. The lowest BCUT2D eigenvalue weighted by Crippen LogP contribution is -2.52. The summed E-state index contributed by atoms with van der Waals surface area (Å²) in [6.07, 6.45) is 5.71. The number of amides is 4. The van der Waals surface area contributed by atoms with E-state index in [0.717, 1.165) is 19.4 Å². The molecular formula is C42H47ClF2N10O5. The van der Waals surface area contributed by atoms with Gasteiger partial charge in [0.2, 0.25) is 11.8 Å². The molecule has 15 nitrogen and oxygen atoms in total. The number of hydrogen-bond acceptors (Lipinski definition) is 9. The number of benzene rings is 2. The number of nitrogens with zero attached hydrogens (tertiary/aromatic N) is 8. The third kappa shape index (κ3) is 9.63. The van der Waals surface area contributed by atoms with Gasteiger partial charge in [-0.05, 0) is 76.8 Å². The molecule has 1 aliphatic rings. The molecule has 0 radical (unpaired) electrons. The summed E-state index contributed by atoms with van der Waals surface area (Å²) in [5, 5.41) is 9.79. The number of aryl methyl sites for hydroxylation is 1. The van der Waals surface area contributed by atoms with Crippen LogP contribution in [-0.2, 0) is 23.2 Å². The lowest BCUT2D eigenvalue weighted by molar-refractivity contribution is -0.137. The average Bonchev–Trinajstić information content (AvgIpc) is 3.79. The zero-order valence-electron chi connectivity index (χ0n) is 34.3. The molecule has 6 rings (SSSR count). The van der Waals surface area contributed by atoms with E-state index in [0.29, 0.717) is 43.4 Å². The highest BCUT2D eigenvalue weighted by Gasteiger charge is 2.30. The van der Waals surface area contributed by atoms with Crippen LogP contribution in [-0.4, -0.2) is 117 Å². The van der Waals surface area contributed by atoms with E-state index in [4.69, 9.17) is 16.3 Å². The number of anilines is 2. The molecule has 316 valence electrons. The van der Waals surface area contributed by atoms with Gasteiger partial charge in [-0.1, -0.05) is 24.6 Å². The minimum atomic E-state index is -1.16. The zero-order valence-corrected chi connectivity index (χ0v) is 35.0. The first-order valence-corrected chi connectivity index (χ1v) is 19.7. The molecule has 0 saturated carbocycles. The zero-order chi connectivity index (χ0) is 43.2. The third-order valence-electron chi connectivity index (χ3n) is 10.4.